The maximum absolute atomic E-state index is 12.6. The van der Waals surface area contributed by atoms with Gasteiger partial charge >= 0.3 is 0 Å². The van der Waals surface area contributed by atoms with E-state index in [0.717, 1.165) is 50.5 Å². The minimum Gasteiger partial charge on any atom is -0.342 e. The van der Waals surface area contributed by atoms with Crippen molar-refractivity contribution in [2.75, 3.05) is 13.1 Å². The van der Waals surface area contributed by atoms with Gasteiger partial charge in [-0.1, -0.05) is 35.0 Å². The summed E-state index contributed by atoms with van der Waals surface area (Å²) < 4.78 is 5.42. The Labute approximate surface area is 154 Å². The van der Waals surface area contributed by atoms with Crippen LogP contribution in [-0.4, -0.2) is 34.0 Å². The van der Waals surface area contributed by atoms with Crippen molar-refractivity contribution in [3.63, 3.8) is 0 Å². The molecule has 1 saturated carbocycles. The van der Waals surface area contributed by atoms with E-state index >= 15 is 0 Å². The van der Waals surface area contributed by atoms with E-state index in [-0.39, 0.29) is 5.91 Å². The van der Waals surface area contributed by atoms with Gasteiger partial charge in [-0.3, -0.25) is 4.79 Å². The maximum atomic E-state index is 12.6. The number of piperidine rings is 1. The van der Waals surface area contributed by atoms with E-state index in [4.69, 9.17) is 4.52 Å². The molecular formula is C21H27N3O2. The van der Waals surface area contributed by atoms with E-state index < -0.39 is 0 Å². The molecule has 2 aliphatic rings. The number of rotatable bonds is 6. The first-order valence-electron chi connectivity index (χ1n) is 9.83. The minimum atomic E-state index is 0.264. The molecule has 2 fully saturated rings. The molecule has 0 spiro atoms. The van der Waals surface area contributed by atoms with Gasteiger partial charge in [0.2, 0.25) is 11.8 Å². The third kappa shape index (κ3) is 4.32. The van der Waals surface area contributed by atoms with Gasteiger partial charge in [0.25, 0.3) is 0 Å². The molecule has 1 saturated heterocycles. The number of aromatic nitrogens is 2. The molecule has 2 aromatic rings. The van der Waals surface area contributed by atoms with E-state index in [2.05, 4.69) is 41.3 Å². The molecule has 26 heavy (non-hydrogen) atoms. The highest BCUT2D eigenvalue weighted by Crippen LogP contribution is 2.38. The molecule has 1 aromatic carbocycles. The van der Waals surface area contributed by atoms with Crippen LogP contribution in [0, 0.1) is 12.8 Å². The molecule has 5 nitrogen and oxygen atoms in total. The Balaban J connectivity index is 1.28. The fourth-order valence-electron chi connectivity index (χ4n) is 3.84. The third-order valence-electron chi connectivity index (χ3n) is 5.47. The first-order valence-corrected chi connectivity index (χ1v) is 9.83. The van der Waals surface area contributed by atoms with Gasteiger partial charge in [0.15, 0.2) is 5.82 Å². The Hall–Kier alpha value is -2.17. The summed E-state index contributed by atoms with van der Waals surface area (Å²) in [5.74, 6) is 2.84. The van der Waals surface area contributed by atoms with Crippen LogP contribution in [0.3, 0.4) is 0 Å². The number of carbonyl (C=O) groups is 1. The van der Waals surface area contributed by atoms with Gasteiger partial charge in [-0.2, -0.15) is 4.98 Å². The molecule has 138 valence electrons. The Bertz CT molecular complexity index is 766. The van der Waals surface area contributed by atoms with Crippen LogP contribution in [0.4, 0.5) is 0 Å². The van der Waals surface area contributed by atoms with Gasteiger partial charge in [-0.05, 0) is 50.5 Å². The number of amides is 1. The third-order valence-corrected chi connectivity index (χ3v) is 5.47. The van der Waals surface area contributed by atoms with Gasteiger partial charge in [0.05, 0.1) is 0 Å². The number of hydrogen-bond donors (Lipinski definition) is 0. The number of hydrogen-bond acceptors (Lipinski definition) is 4. The van der Waals surface area contributed by atoms with Crippen LogP contribution in [0.1, 0.15) is 60.9 Å². The average Bonchev–Trinajstić information content (AvgIpc) is 3.40. The topological polar surface area (TPSA) is 59.2 Å². The van der Waals surface area contributed by atoms with E-state index in [1.165, 1.54) is 24.0 Å². The van der Waals surface area contributed by atoms with Crippen molar-refractivity contribution in [2.24, 2.45) is 5.92 Å². The predicted molar refractivity (Wildman–Crippen MR) is 98.8 cm³/mol. The Kier molecular flexibility index (Phi) is 5.05. The zero-order chi connectivity index (χ0) is 17.9. The van der Waals surface area contributed by atoms with Crippen LogP contribution in [0.2, 0.25) is 0 Å². The fourth-order valence-corrected chi connectivity index (χ4v) is 3.84. The summed E-state index contributed by atoms with van der Waals surface area (Å²) in [7, 11) is 0. The molecule has 0 N–H and O–H groups in total. The number of aryl methyl sites for hydroxylation is 2. The van der Waals surface area contributed by atoms with Crippen molar-refractivity contribution in [3.05, 3.63) is 47.1 Å². The first-order chi connectivity index (χ1) is 12.7. The summed E-state index contributed by atoms with van der Waals surface area (Å²) in [5, 5.41) is 4.10. The summed E-state index contributed by atoms with van der Waals surface area (Å²) >= 11 is 0. The standard InChI is InChI=1S/C21H27N3O2/c1-15-4-2-5-16(12-15)7-10-20(25)24-11-3-6-17(14-24)13-19-22-21(23-26-19)18-8-9-18/h2,4-5,12,17-18H,3,6-11,13-14H2,1H3. The summed E-state index contributed by atoms with van der Waals surface area (Å²) in [6.07, 6.45) is 6.75. The summed E-state index contributed by atoms with van der Waals surface area (Å²) in [6, 6.07) is 8.42. The van der Waals surface area contributed by atoms with E-state index in [1.807, 2.05) is 4.90 Å². The largest absolute Gasteiger partial charge is 0.342 e. The quantitative estimate of drug-likeness (QED) is 0.795. The molecule has 1 atom stereocenters. The Morgan fingerprint density at radius 1 is 1.31 bits per heavy atom. The van der Waals surface area contributed by atoms with Gasteiger partial charge in [-0.25, -0.2) is 0 Å². The average molecular weight is 353 g/mol. The van der Waals surface area contributed by atoms with E-state index in [0.29, 0.717) is 18.3 Å². The fraction of sp³-hybridized carbons (Fsp3) is 0.571. The summed E-state index contributed by atoms with van der Waals surface area (Å²) in [6.45, 7) is 3.78. The van der Waals surface area contributed by atoms with Crippen LogP contribution in [-0.2, 0) is 17.6 Å². The molecule has 0 bridgehead atoms. The van der Waals surface area contributed by atoms with Crippen molar-refractivity contribution < 1.29 is 9.32 Å². The molecule has 4 rings (SSSR count). The maximum Gasteiger partial charge on any atom is 0.226 e. The van der Waals surface area contributed by atoms with Crippen LogP contribution < -0.4 is 0 Å². The van der Waals surface area contributed by atoms with Crippen molar-refractivity contribution in [3.8, 4) is 0 Å². The highest BCUT2D eigenvalue weighted by atomic mass is 16.5. The lowest BCUT2D eigenvalue weighted by molar-refractivity contribution is -0.133. The van der Waals surface area contributed by atoms with Crippen LogP contribution in [0.5, 0.6) is 0 Å². The lowest BCUT2D eigenvalue weighted by atomic mass is 9.94. The van der Waals surface area contributed by atoms with Crippen molar-refractivity contribution in [1.82, 2.24) is 15.0 Å². The minimum absolute atomic E-state index is 0.264. The van der Waals surface area contributed by atoms with Crippen molar-refractivity contribution >= 4 is 5.91 Å². The lowest BCUT2D eigenvalue weighted by Crippen LogP contribution is -2.40. The Morgan fingerprint density at radius 2 is 2.19 bits per heavy atom. The molecule has 2 heterocycles. The number of benzene rings is 1. The summed E-state index contributed by atoms with van der Waals surface area (Å²) in [5.41, 5.74) is 2.49. The van der Waals surface area contributed by atoms with Gasteiger partial charge in [0.1, 0.15) is 0 Å². The Morgan fingerprint density at radius 3 is 3.00 bits per heavy atom. The molecule has 1 unspecified atom stereocenters. The lowest BCUT2D eigenvalue weighted by Gasteiger charge is -2.32. The monoisotopic (exact) mass is 353 g/mol. The summed E-state index contributed by atoms with van der Waals surface area (Å²) in [4.78, 5) is 19.2. The van der Waals surface area contributed by atoms with Crippen molar-refractivity contribution in [2.45, 2.75) is 57.8 Å². The highest BCUT2D eigenvalue weighted by Gasteiger charge is 2.30. The SMILES string of the molecule is Cc1cccc(CCC(=O)N2CCCC(Cc3nc(C4CC4)no3)C2)c1. The highest BCUT2D eigenvalue weighted by molar-refractivity contribution is 5.76. The van der Waals surface area contributed by atoms with Crippen LogP contribution in [0.15, 0.2) is 28.8 Å². The van der Waals surface area contributed by atoms with Gasteiger partial charge in [-0.15, -0.1) is 0 Å². The second kappa shape index (κ2) is 7.60. The molecule has 5 heteroatoms. The van der Waals surface area contributed by atoms with Crippen LogP contribution >= 0.6 is 0 Å². The van der Waals surface area contributed by atoms with Gasteiger partial charge < -0.3 is 9.42 Å². The van der Waals surface area contributed by atoms with E-state index in [1.54, 1.807) is 0 Å². The molecule has 0 radical (unpaired) electrons. The predicted octanol–water partition coefficient (Wildman–Crippen LogP) is 3.67. The normalized spacial score (nSPS) is 20.3. The zero-order valence-corrected chi connectivity index (χ0v) is 15.5. The molecule has 1 aliphatic carbocycles. The zero-order valence-electron chi connectivity index (χ0n) is 15.5. The van der Waals surface area contributed by atoms with Crippen molar-refractivity contribution in [1.29, 1.82) is 0 Å². The second-order valence-electron chi connectivity index (χ2n) is 7.86. The smallest absolute Gasteiger partial charge is 0.226 e. The number of nitrogens with zero attached hydrogens (tertiary/aromatic N) is 3. The molecule has 1 aromatic heterocycles. The molecular weight excluding hydrogens is 326 g/mol. The number of likely N-dealkylation sites (tertiary alicyclic amines) is 1. The number of carbonyl (C=O) groups excluding carboxylic acids is 1. The van der Waals surface area contributed by atoms with Crippen LogP contribution in [0.25, 0.3) is 0 Å². The first kappa shape index (κ1) is 17.3. The van der Waals surface area contributed by atoms with Gasteiger partial charge in [0, 0.05) is 31.8 Å². The molecule has 1 aliphatic heterocycles. The second-order valence-corrected chi connectivity index (χ2v) is 7.86. The molecule has 1 amide bonds. The van der Waals surface area contributed by atoms with E-state index in [9.17, 15) is 4.79 Å².